The molecule has 0 unspecified atom stereocenters. The van der Waals surface area contributed by atoms with Crippen molar-refractivity contribution < 1.29 is 14.3 Å². The van der Waals surface area contributed by atoms with Crippen LogP contribution in [0.25, 0.3) is 0 Å². The molecule has 1 N–H and O–H groups in total. The summed E-state index contributed by atoms with van der Waals surface area (Å²) in [6.45, 7) is 3.88. The molecule has 6 heteroatoms. The van der Waals surface area contributed by atoms with Crippen LogP contribution in [0.4, 0.5) is 0 Å². The Morgan fingerprint density at radius 3 is 2.57 bits per heavy atom. The van der Waals surface area contributed by atoms with Gasteiger partial charge in [-0.15, -0.1) is 11.8 Å². The van der Waals surface area contributed by atoms with Crippen LogP contribution < -0.4 is 14.8 Å². The van der Waals surface area contributed by atoms with Gasteiger partial charge in [-0.2, -0.15) is 5.26 Å². The lowest BCUT2D eigenvalue weighted by molar-refractivity contribution is -0.119. The molecule has 0 saturated heterocycles. The first-order chi connectivity index (χ1) is 10.0. The minimum absolute atomic E-state index is 0.0862. The molecule has 0 spiro atoms. The molecule has 1 rings (SSSR count). The SMILES string of the molecule is COc1cc(C)c([C@H](C)NC(=O)CSCC#N)cc1OC. The molecule has 0 aliphatic heterocycles. The van der Waals surface area contributed by atoms with Crippen LogP contribution in [-0.4, -0.2) is 31.6 Å². The van der Waals surface area contributed by atoms with Gasteiger partial charge in [-0.3, -0.25) is 4.79 Å². The number of rotatable bonds is 7. The summed E-state index contributed by atoms with van der Waals surface area (Å²) in [5, 5.41) is 11.4. The van der Waals surface area contributed by atoms with Crippen molar-refractivity contribution >= 4 is 17.7 Å². The Morgan fingerprint density at radius 2 is 2.00 bits per heavy atom. The van der Waals surface area contributed by atoms with Gasteiger partial charge < -0.3 is 14.8 Å². The molecule has 0 radical (unpaired) electrons. The van der Waals surface area contributed by atoms with Crippen molar-refractivity contribution in [1.29, 1.82) is 5.26 Å². The fraction of sp³-hybridized carbons (Fsp3) is 0.467. The normalized spacial score (nSPS) is 11.4. The Morgan fingerprint density at radius 1 is 1.38 bits per heavy atom. The number of amides is 1. The van der Waals surface area contributed by atoms with E-state index in [0.29, 0.717) is 17.3 Å². The van der Waals surface area contributed by atoms with Gasteiger partial charge in [0.2, 0.25) is 5.91 Å². The van der Waals surface area contributed by atoms with Crippen molar-refractivity contribution in [3.63, 3.8) is 0 Å². The molecule has 0 bridgehead atoms. The van der Waals surface area contributed by atoms with Crippen molar-refractivity contribution in [2.45, 2.75) is 19.9 Å². The van der Waals surface area contributed by atoms with Gasteiger partial charge in [0.15, 0.2) is 11.5 Å². The fourth-order valence-electron chi connectivity index (χ4n) is 2.01. The second-order valence-electron chi connectivity index (χ2n) is 4.50. The number of thioether (sulfide) groups is 1. The van der Waals surface area contributed by atoms with Crippen molar-refractivity contribution in [3.05, 3.63) is 23.3 Å². The van der Waals surface area contributed by atoms with Crippen LogP contribution in [0, 0.1) is 18.3 Å². The number of nitrogens with zero attached hydrogens (tertiary/aromatic N) is 1. The third-order valence-electron chi connectivity index (χ3n) is 3.02. The molecule has 0 aliphatic carbocycles. The highest BCUT2D eigenvalue weighted by Crippen LogP contribution is 2.32. The van der Waals surface area contributed by atoms with E-state index in [1.54, 1.807) is 14.2 Å². The Bertz CT molecular complexity index is 540. The Balaban J connectivity index is 2.80. The van der Waals surface area contributed by atoms with Crippen LogP contribution in [0.1, 0.15) is 24.1 Å². The maximum Gasteiger partial charge on any atom is 0.230 e. The smallest absolute Gasteiger partial charge is 0.230 e. The second kappa shape index (κ2) is 8.42. The average molecular weight is 308 g/mol. The molecule has 114 valence electrons. The lowest BCUT2D eigenvalue weighted by atomic mass is 10.0. The van der Waals surface area contributed by atoms with E-state index in [-0.39, 0.29) is 17.7 Å². The lowest BCUT2D eigenvalue weighted by Crippen LogP contribution is -2.28. The van der Waals surface area contributed by atoms with Gasteiger partial charge in [0.1, 0.15) is 0 Å². The first-order valence-electron chi connectivity index (χ1n) is 6.50. The van der Waals surface area contributed by atoms with E-state index >= 15 is 0 Å². The topological polar surface area (TPSA) is 71.3 Å². The van der Waals surface area contributed by atoms with Crippen molar-refractivity contribution in [2.24, 2.45) is 0 Å². The van der Waals surface area contributed by atoms with Crippen LogP contribution in [0.3, 0.4) is 0 Å². The van der Waals surface area contributed by atoms with Crippen molar-refractivity contribution in [3.8, 4) is 17.6 Å². The minimum atomic E-state index is -0.139. The van der Waals surface area contributed by atoms with Gasteiger partial charge in [0.05, 0.1) is 37.8 Å². The quantitative estimate of drug-likeness (QED) is 0.783. The molecule has 1 aromatic rings. The van der Waals surface area contributed by atoms with E-state index in [4.69, 9.17) is 14.7 Å². The first-order valence-corrected chi connectivity index (χ1v) is 7.65. The zero-order chi connectivity index (χ0) is 15.8. The molecule has 1 aromatic carbocycles. The standard InChI is InChI=1S/C15H20N2O3S/c1-10-7-13(19-3)14(20-4)8-12(10)11(2)17-15(18)9-21-6-5-16/h7-8,11H,6,9H2,1-4H3,(H,17,18)/t11-/m0/s1. The largest absolute Gasteiger partial charge is 0.493 e. The number of hydrogen-bond acceptors (Lipinski definition) is 5. The summed E-state index contributed by atoms with van der Waals surface area (Å²) in [5.41, 5.74) is 2.00. The number of carbonyl (C=O) groups excluding carboxylic acids is 1. The predicted octanol–water partition coefficient (Wildman–Crippen LogP) is 2.45. The van der Waals surface area contributed by atoms with E-state index in [0.717, 1.165) is 11.1 Å². The number of nitriles is 1. The highest BCUT2D eigenvalue weighted by Gasteiger charge is 2.15. The van der Waals surface area contributed by atoms with Gasteiger partial charge in [-0.25, -0.2) is 0 Å². The molecular formula is C15H20N2O3S. The third kappa shape index (κ3) is 4.87. The van der Waals surface area contributed by atoms with Crippen LogP contribution in [0.5, 0.6) is 11.5 Å². The first kappa shape index (κ1) is 17.2. The molecule has 1 atom stereocenters. The average Bonchev–Trinajstić information content (AvgIpc) is 2.46. The van der Waals surface area contributed by atoms with Gasteiger partial charge >= 0.3 is 0 Å². The zero-order valence-electron chi connectivity index (χ0n) is 12.7. The fourth-order valence-corrected chi connectivity index (χ4v) is 2.48. The summed E-state index contributed by atoms with van der Waals surface area (Å²) in [4.78, 5) is 11.8. The van der Waals surface area contributed by atoms with Gasteiger partial charge in [-0.1, -0.05) is 0 Å². The molecule has 0 aliphatic rings. The molecule has 0 saturated carbocycles. The molecule has 1 amide bonds. The van der Waals surface area contributed by atoms with Crippen LogP contribution in [0.15, 0.2) is 12.1 Å². The zero-order valence-corrected chi connectivity index (χ0v) is 13.5. The lowest BCUT2D eigenvalue weighted by Gasteiger charge is -2.19. The number of aryl methyl sites for hydroxylation is 1. The molecule has 5 nitrogen and oxygen atoms in total. The number of carbonyl (C=O) groups is 1. The molecular weight excluding hydrogens is 288 g/mol. The molecule has 0 fully saturated rings. The van der Waals surface area contributed by atoms with Crippen molar-refractivity contribution in [1.82, 2.24) is 5.32 Å². The van der Waals surface area contributed by atoms with E-state index < -0.39 is 0 Å². The van der Waals surface area contributed by atoms with E-state index in [9.17, 15) is 4.79 Å². The Hall–Kier alpha value is -1.87. The molecule has 0 heterocycles. The van der Waals surface area contributed by atoms with Crippen LogP contribution in [-0.2, 0) is 4.79 Å². The third-order valence-corrected chi connectivity index (χ3v) is 3.82. The number of ether oxygens (including phenoxy) is 2. The van der Waals surface area contributed by atoms with Gasteiger partial charge in [0, 0.05) is 0 Å². The van der Waals surface area contributed by atoms with E-state index in [1.165, 1.54) is 11.8 Å². The monoisotopic (exact) mass is 308 g/mol. The maximum atomic E-state index is 11.8. The van der Waals surface area contributed by atoms with Crippen LogP contribution >= 0.6 is 11.8 Å². The second-order valence-corrected chi connectivity index (χ2v) is 5.49. The highest BCUT2D eigenvalue weighted by molar-refractivity contribution is 8.00. The summed E-state index contributed by atoms with van der Waals surface area (Å²) in [6.07, 6.45) is 0. The van der Waals surface area contributed by atoms with Crippen molar-refractivity contribution in [2.75, 3.05) is 25.7 Å². The van der Waals surface area contributed by atoms with E-state index in [1.807, 2.05) is 32.0 Å². The number of hydrogen-bond donors (Lipinski definition) is 1. The summed E-state index contributed by atoms with van der Waals surface area (Å²) in [6, 6.07) is 5.63. The Labute approximate surface area is 129 Å². The van der Waals surface area contributed by atoms with Gasteiger partial charge in [0.25, 0.3) is 0 Å². The van der Waals surface area contributed by atoms with Gasteiger partial charge in [-0.05, 0) is 37.1 Å². The minimum Gasteiger partial charge on any atom is -0.493 e. The highest BCUT2D eigenvalue weighted by atomic mass is 32.2. The maximum absolute atomic E-state index is 11.8. The Kier molecular flexibility index (Phi) is 6.89. The molecule has 21 heavy (non-hydrogen) atoms. The number of methoxy groups -OCH3 is 2. The summed E-state index contributed by atoms with van der Waals surface area (Å²) < 4.78 is 10.5. The summed E-state index contributed by atoms with van der Waals surface area (Å²) >= 11 is 1.30. The summed E-state index contributed by atoms with van der Waals surface area (Å²) in [7, 11) is 3.17. The van der Waals surface area contributed by atoms with Crippen LogP contribution in [0.2, 0.25) is 0 Å². The number of benzene rings is 1. The summed E-state index contributed by atoms with van der Waals surface area (Å²) in [5.74, 6) is 1.82. The van der Waals surface area contributed by atoms with E-state index in [2.05, 4.69) is 5.32 Å². The number of nitrogens with one attached hydrogen (secondary N) is 1. The predicted molar refractivity (Wildman–Crippen MR) is 83.8 cm³/mol. The molecule has 0 aromatic heterocycles.